The first kappa shape index (κ1) is 12.4. The summed E-state index contributed by atoms with van der Waals surface area (Å²) >= 11 is 3.18. The zero-order chi connectivity index (χ0) is 13.6. The standard InChI is InChI=1S/C15H12BrFN2/c1-8-4-3-5-9(2)14(8)15-18-12-6-10(16)11(17)7-13(12)19-15/h3-7H,1-2H3,(H,18,19). The molecule has 4 heteroatoms. The Morgan fingerprint density at radius 3 is 2.53 bits per heavy atom. The predicted octanol–water partition coefficient (Wildman–Crippen LogP) is 4.75. The third-order valence-corrected chi connectivity index (χ3v) is 3.85. The quantitative estimate of drug-likeness (QED) is 0.689. The Labute approximate surface area is 118 Å². The molecule has 2 aromatic carbocycles. The van der Waals surface area contributed by atoms with Crippen LogP contribution in [0.15, 0.2) is 34.8 Å². The van der Waals surface area contributed by atoms with Crippen LogP contribution in [0.2, 0.25) is 0 Å². The van der Waals surface area contributed by atoms with Crippen molar-refractivity contribution in [2.45, 2.75) is 13.8 Å². The predicted molar refractivity (Wildman–Crippen MR) is 78.7 cm³/mol. The van der Waals surface area contributed by atoms with Gasteiger partial charge in [0.25, 0.3) is 0 Å². The Kier molecular flexibility index (Phi) is 2.90. The number of halogens is 2. The van der Waals surface area contributed by atoms with Gasteiger partial charge >= 0.3 is 0 Å². The molecule has 96 valence electrons. The zero-order valence-electron chi connectivity index (χ0n) is 10.6. The second-order valence-electron chi connectivity index (χ2n) is 4.64. The molecule has 0 saturated heterocycles. The summed E-state index contributed by atoms with van der Waals surface area (Å²) < 4.78 is 14.0. The van der Waals surface area contributed by atoms with E-state index in [0.29, 0.717) is 9.99 Å². The first-order chi connectivity index (χ1) is 9.06. The molecule has 0 aliphatic heterocycles. The number of aromatic nitrogens is 2. The molecule has 0 amide bonds. The number of aromatic amines is 1. The van der Waals surface area contributed by atoms with Crippen LogP contribution in [0.4, 0.5) is 4.39 Å². The van der Waals surface area contributed by atoms with E-state index in [4.69, 9.17) is 0 Å². The minimum atomic E-state index is -0.288. The molecule has 1 N–H and O–H groups in total. The Balaban J connectivity index is 2.26. The van der Waals surface area contributed by atoms with Crippen LogP contribution in [0.3, 0.4) is 0 Å². The third kappa shape index (κ3) is 2.06. The summed E-state index contributed by atoms with van der Waals surface area (Å²) in [7, 11) is 0. The van der Waals surface area contributed by atoms with E-state index in [0.717, 1.165) is 28.0 Å². The molecular formula is C15H12BrFN2. The van der Waals surface area contributed by atoms with E-state index in [9.17, 15) is 4.39 Å². The molecular weight excluding hydrogens is 307 g/mol. The fourth-order valence-electron chi connectivity index (χ4n) is 2.31. The minimum Gasteiger partial charge on any atom is -0.338 e. The van der Waals surface area contributed by atoms with Crippen molar-refractivity contribution in [3.8, 4) is 11.4 Å². The van der Waals surface area contributed by atoms with Crippen LogP contribution < -0.4 is 0 Å². The van der Waals surface area contributed by atoms with Gasteiger partial charge in [0.1, 0.15) is 11.6 Å². The molecule has 3 rings (SSSR count). The number of aryl methyl sites for hydroxylation is 2. The van der Waals surface area contributed by atoms with Crippen molar-refractivity contribution in [2.24, 2.45) is 0 Å². The first-order valence-electron chi connectivity index (χ1n) is 5.97. The lowest BCUT2D eigenvalue weighted by Crippen LogP contribution is -1.89. The number of hydrogen-bond donors (Lipinski definition) is 1. The number of hydrogen-bond acceptors (Lipinski definition) is 1. The highest BCUT2D eigenvalue weighted by Crippen LogP contribution is 2.28. The Hall–Kier alpha value is -1.68. The second-order valence-corrected chi connectivity index (χ2v) is 5.49. The van der Waals surface area contributed by atoms with E-state index in [1.54, 1.807) is 6.07 Å². The van der Waals surface area contributed by atoms with Crippen molar-refractivity contribution in [3.05, 3.63) is 51.7 Å². The maximum Gasteiger partial charge on any atom is 0.139 e. The van der Waals surface area contributed by atoms with E-state index in [-0.39, 0.29) is 5.82 Å². The molecule has 3 aromatic rings. The van der Waals surface area contributed by atoms with Crippen LogP contribution in [0.5, 0.6) is 0 Å². The summed E-state index contributed by atoms with van der Waals surface area (Å²) in [5.41, 5.74) is 4.84. The van der Waals surface area contributed by atoms with E-state index in [1.807, 2.05) is 32.0 Å². The Bertz CT molecular complexity index is 718. The smallest absolute Gasteiger partial charge is 0.139 e. The van der Waals surface area contributed by atoms with Crippen molar-refractivity contribution in [1.29, 1.82) is 0 Å². The topological polar surface area (TPSA) is 28.7 Å². The van der Waals surface area contributed by atoms with Crippen LogP contribution in [-0.2, 0) is 0 Å². The summed E-state index contributed by atoms with van der Waals surface area (Å²) in [4.78, 5) is 7.74. The van der Waals surface area contributed by atoms with Gasteiger partial charge in [-0.25, -0.2) is 9.37 Å². The Morgan fingerprint density at radius 1 is 1.16 bits per heavy atom. The van der Waals surface area contributed by atoms with Crippen LogP contribution >= 0.6 is 15.9 Å². The molecule has 1 aromatic heterocycles. The van der Waals surface area contributed by atoms with Gasteiger partial charge in [0.2, 0.25) is 0 Å². The molecule has 0 unspecified atom stereocenters. The van der Waals surface area contributed by atoms with Crippen LogP contribution in [0.1, 0.15) is 11.1 Å². The van der Waals surface area contributed by atoms with Gasteiger partial charge in [-0.15, -0.1) is 0 Å². The maximum atomic E-state index is 13.5. The Morgan fingerprint density at radius 2 is 1.84 bits per heavy atom. The molecule has 0 saturated carbocycles. The molecule has 0 spiro atoms. The molecule has 19 heavy (non-hydrogen) atoms. The summed E-state index contributed by atoms with van der Waals surface area (Å²) in [6.45, 7) is 4.10. The molecule has 1 heterocycles. The normalized spacial score (nSPS) is 11.2. The molecule has 0 aliphatic rings. The average molecular weight is 319 g/mol. The van der Waals surface area contributed by atoms with Crippen LogP contribution in [-0.4, -0.2) is 9.97 Å². The number of fused-ring (bicyclic) bond motifs is 1. The van der Waals surface area contributed by atoms with Crippen LogP contribution in [0, 0.1) is 19.7 Å². The monoisotopic (exact) mass is 318 g/mol. The summed E-state index contributed by atoms with van der Waals surface area (Å²) in [5.74, 6) is 0.493. The maximum absolute atomic E-state index is 13.5. The van der Waals surface area contributed by atoms with Crippen molar-refractivity contribution in [1.82, 2.24) is 9.97 Å². The average Bonchev–Trinajstić information content (AvgIpc) is 2.72. The minimum absolute atomic E-state index is 0.288. The summed E-state index contributed by atoms with van der Waals surface area (Å²) in [5, 5.41) is 0. The van der Waals surface area contributed by atoms with Gasteiger partial charge in [0, 0.05) is 11.6 Å². The summed E-state index contributed by atoms with van der Waals surface area (Å²) in [6, 6.07) is 9.27. The highest BCUT2D eigenvalue weighted by Gasteiger charge is 2.12. The van der Waals surface area contributed by atoms with Crippen molar-refractivity contribution in [2.75, 3.05) is 0 Å². The largest absolute Gasteiger partial charge is 0.338 e. The van der Waals surface area contributed by atoms with Gasteiger partial charge in [-0.3, -0.25) is 0 Å². The first-order valence-corrected chi connectivity index (χ1v) is 6.77. The highest BCUT2D eigenvalue weighted by atomic mass is 79.9. The van der Waals surface area contributed by atoms with Gasteiger partial charge in [0.05, 0.1) is 15.5 Å². The molecule has 2 nitrogen and oxygen atoms in total. The third-order valence-electron chi connectivity index (χ3n) is 3.24. The van der Waals surface area contributed by atoms with E-state index >= 15 is 0 Å². The number of benzene rings is 2. The fraction of sp³-hybridized carbons (Fsp3) is 0.133. The molecule has 0 aliphatic carbocycles. The van der Waals surface area contributed by atoms with Gasteiger partial charge in [-0.05, 0) is 47.0 Å². The molecule has 0 atom stereocenters. The van der Waals surface area contributed by atoms with Gasteiger partial charge in [-0.1, -0.05) is 18.2 Å². The van der Waals surface area contributed by atoms with E-state index < -0.39 is 0 Å². The molecule has 0 radical (unpaired) electrons. The molecule has 0 bridgehead atoms. The number of imidazole rings is 1. The van der Waals surface area contributed by atoms with Gasteiger partial charge in [0.15, 0.2) is 0 Å². The number of nitrogens with zero attached hydrogens (tertiary/aromatic N) is 1. The highest BCUT2D eigenvalue weighted by molar-refractivity contribution is 9.10. The molecule has 0 fully saturated rings. The zero-order valence-corrected chi connectivity index (χ0v) is 12.2. The lowest BCUT2D eigenvalue weighted by molar-refractivity contribution is 0.623. The fourth-order valence-corrected chi connectivity index (χ4v) is 2.64. The van der Waals surface area contributed by atoms with Crippen molar-refractivity contribution >= 4 is 27.0 Å². The number of nitrogens with one attached hydrogen (secondary N) is 1. The summed E-state index contributed by atoms with van der Waals surface area (Å²) in [6.07, 6.45) is 0. The SMILES string of the molecule is Cc1cccc(C)c1-c1nc2cc(Br)c(F)cc2[nH]1. The lowest BCUT2D eigenvalue weighted by Gasteiger charge is -2.05. The van der Waals surface area contributed by atoms with Gasteiger partial charge in [-0.2, -0.15) is 0 Å². The van der Waals surface area contributed by atoms with Crippen LogP contribution in [0.25, 0.3) is 22.4 Å². The lowest BCUT2D eigenvalue weighted by atomic mass is 10.0. The van der Waals surface area contributed by atoms with Gasteiger partial charge < -0.3 is 4.98 Å². The van der Waals surface area contributed by atoms with Crippen molar-refractivity contribution in [3.63, 3.8) is 0 Å². The van der Waals surface area contributed by atoms with E-state index in [1.165, 1.54) is 6.07 Å². The van der Waals surface area contributed by atoms with Crippen molar-refractivity contribution < 1.29 is 4.39 Å². The number of H-pyrrole nitrogens is 1. The number of rotatable bonds is 1. The second kappa shape index (κ2) is 4.46. The van der Waals surface area contributed by atoms with E-state index in [2.05, 4.69) is 25.9 Å².